The van der Waals surface area contributed by atoms with E-state index in [0.717, 1.165) is 5.56 Å². The number of carbonyl (C=O) groups excluding carboxylic acids is 2. The van der Waals surface area contributed by atoms with Crippen LogP contribution in [0.3, 0.4) is 0 Å². The molecule has 0 aliphatic rings. The Kier molecular flexibility index (Phi) is 6.09. The normalized spacial score (nSPS) is 11.7. The van der Waals surface area contributed by atoms with Gasteiger partial charge in [0.2, 0.25) is 0 Å². The van der Waals surface area contributed by atoms with E-state index in [1.54, 1.807) is 31.3 Å². The molecule has 134 valence electrons. The maximum absolute atomic E-state index is 12.5. The molecule has 1 unspecified atom stereocenters. The molecule has 2 rings (SSSR count). The third-order valence-electron chi connectivity index (χ3n) is 3.58. The number of furan rings is 1. The SMILES string of the molecule is COc1cc(Cl)cc(C(=O)N(C)CC(C)NC(=O)c2cc(C)co2)c1. The second-order valence-electron chi connectivity index (χ2n) is 5.93. The summed E-state index contributed by atoms with van der Waals surface area (Å²) in [6.07, 6.45) is 1.52. The minimum Gasteiger partial charge on any atom is -0.497 e. The number of ether oxygens (including phenoxy) is 1. The molecule has 1 atom stereocenters. The Labute approximate surface area is 151 Å². The van der Waals surface area contributed by atoms with Crippen molar-refractivity contribution in [1.82, 2.24) is 10.2 Å². The van der Waals surface area contributed by atoms with E-state index in [2.05, 4.69) is 5.32 Å². The van der Waals surface area contributed by atoms with Crippen LogP contribution in [-0.2, 0) is 0 Å². The van der Waals surface area contributed by atoms with Crippen molar-refractivity contribution in [2.24, 2.45) is 0 Å². The van der Waals surface area contributed by atoms with Crippen molar-refractivity contribution < 1.29 is 18.7 Å². The standard InChI is InChI=1S/C18H21ClN2O4/c1-11-5-16(25-10-11)17(22)20-12(2)9-21(3)18(23)13-6-14(19)8-15(7-13)24-4/h5-8,10,12H,9H2,1-4H3,(H,20,22). The molecular formula is C18H21ClN2O4. The van der Waals surface area contributed by atoms with E-state index in [1.165, 1.54) is 18.3 Å². The summed E-state index contributed by atoms with van der Waals surface area (Å²) in [5.41, 5.74) is 1.30. The summed E-state index contributed by atoms with van der Waals surface area (Å²) in [7, 11) is 3.17. The van der Waals surface area contributed by atoms with Crippen LogP contribution in [0.15, 0.2) is 34.9 Å². The van der Waals surface area contributed by atoms with Crippen LogP contribution in [0.1, 0.15) is 33.4 Å². The zero-order chi connectivity index (χ0) is 18.6. The number of benzene rings is 1. The fraction of sp³-hybridized carbons (Fsp3) is 0.333. The molecule has 1 heterocycles. The van der Waals surface area contributed by atoms with Gasteiger partial charge in [0.15, 0.2) is 5.76 Å². The lowest BCUT2D eigenvalue weighted by atomic mass is 10.1. The third-order valence-corrected chi connectivity index (χ3v) is 3.80. The molecular weight excluding hydrogens is 344 g/mol. The van der Waals surface area contributed by atoms with Crippen LogP contribution in [0.25, 0.3) is 0 Å². The molecule has 2 amide bonds. The van der Waals surface area contributed by atoms with Crippen LogP contribution >= 0.6 is 11.6 Å². The molecule has 6 nitrogen and oxygen atoms in total. The quantitative estimate of drug-likeness (QED) is 0.854. The Balaban J connectivity index is 1.98. The van der Waals surface area contributed by atoms with Gasteiger partial charge in [-0.1, -0.05) is 11.6 Å². The smallest absolute Gasteiger partial charge is 0.287 e. The molecule has 0 spiro atoms. The maximum Gasteiger partial charge on any atom is 0.287 e. The van der Waals surface area contributed by atoms with E-state index < -0.39 is 0 Å². The number of hydrogen-bond donors (Lipinski definition) is 1. The first-order valence-electron chi connectivity index (χ1n) is 7.76. The van der Waals surface area contributed by atoms with Gasteiger partial charge in [0.05, 0.1) is 13.4 Å². The molecule has 0 aliphatic carbocycles. The Morgan fingerprint density at radius 2 is 2.04 bits per heavy atom. The van der Waals surface area contributed by atoms with E-state index in [4.69, 9.17) is 20.8 Å². The Bertz CT molecular complexity index is 772. The molecule has 7 heteroatoms. The number of aryl methyl sites for hydroxylation is 1. The topological polar surface area (TPSA) is 71.8 Å². The fourth-order valence-electron chi connectivity index (χ4n) is 2.41. The van der Waals surface area contributed by atoms with E-state index >= 15 is 0 Å². The number of methoxy groups -OCH3 is 1. The average Bonchev–Trinajstić information content (AvgIpc) is 2.99. The molecule has 25 heavy (non-hydrogen) atoms. The van der Waals surface area contributed by atoms with Gasteiger partial charge in [-0.25, -0.2) is 0 Å². The van der Waals surface area contributed by atoms with Crippen LogP contribution < -0.4 is 10.1 Å². The predicted octanol–water partition coefficient (Wildman–Crippen LogP) is 3.14. The number of amides is 2. The van der Waals surface area contributed by atoms with Gasteiger partial charge in [0.1, 0.15) is 5.75 Å². The summed E-state index contributed by atoms with van der Waals surface area (Å²) in [6, 6.07) is 6.24. The molecule has 1 N–H and O–H groups in total. The number of nitrogens with one attached hydrogen (secondary N) is 1. The van der Waals surface area contributed by atoms with E-state index in [-0.39, 0.29) is 23.6 Å². The highest BCUT2D eigenvalue weighted by atomic mass is 35.5. The zero-order valence-electron chi connectivity index (χ0n) is 14.6. The minimum atomic E-state index is -0.314. The molecule has 2 aromatic rings. The van der Waals surface area contributed by atoms with Crippen LogP contribution in [0.5, 0.6) is 5.75 Å². The maximum atomic E-state index is 12.5. The summed E-state index contributed by atoms with van der Waals surface area (Å²) in [4.78, 5) is 26.1. The van der Waals surface area contributed by atoms with Gasteiger partial charge >= 0.3 is 0 Å². The molecule has 0 fully saturated rings. The summed E-state index contributed by atoms with van der Waals surface area (Å²) in [6.45, 7) is 3.99. The van der Waals surface area contributed by atoms with Gasteiger partial charge in [0, 0.05) is 30.2 Å². The van der Waals surface area contributed by atoms with Gasteiger partial charge in [-0.05, 0) is 43.7 Å². The van der Waals surface area contributed by atoms with Crippen LogP contribution in [0, 0.1) is 6.92 Å². The molecule has 1 aromatic heterocycles. The first-order chi connectivity index (χ1) is 11.8. The average molecular weight is 365 g/mol. The molecule has 0 saturated carbocycles. The number of hydrogen-bond acceptors (Lipinski definition) is 4. The van der Waals surface area contributed by atoms with Crippen molar-refractivity contribution in [2.45, 2.75) is 19.9 Å². The molecule has 1 aromatic carbocycles. The fourth-order valence-corrected chi connectivity index (χ4v) is 2.63. The van der Waals surface area contributed by atoms with Crippen molar-refractivity contribution in [3.63, 3.8) is 0 Å². The summed E-state index contributed by atoms with van der Waals surface area (Å²) >= 11 is 6.00. The van der Waals surface area contributed by atoms with E-state index in [9.17, 15) is 9.59 Å². The number of halogens is 1. The van der Waals surface area contributed by atoms with E-state index in [0.29, 0.717) is 22.9 Å². The van der Waals surface area contributed by atoms with Crippen molar-refractivity contribution in [2.75, 3.05) is 20.7 Å². The minimum absolute atomic E-state index is 0.212. The van der Waals surface area contributed by atoms with Crippen molar-refractivity contribution >= 4 is 23.4 Å². The van der Waals surface area contributed by atoms with Gasteiger partial charge in [0.25, 0.3) is 11.8 Å². The van der Waals surface area contributed by atoms with Crippen LogP contribution in [-0.4, -0.2) is 43.5 Å². The van der Waals surface area contributed by atoms with Gasteiger partial charge in [-0.2, -0.15) is 0 Å². The first-order valence-corrected chi connectivity index (χ1v) is 8.14. The predicted molar refractivity (Wildman–Crippen MR) is 95.3 cm³/mol. The van der Waals surface area contributed by atoms with Crippen LogP contribution in [0.4, 0.5) is 0 Å². The highest BCUT2D eigenvalue weighted by Crippen LogP contribution is 2.21. The highest BCUT2D eigenvalue weighted by Gasteiger charge is 2.18. The molecule has 0 radical (unpaired) electrons. The Morgan fingerprint density at radius 3 is 2.64 bits per heavy atom. The van der Waals surface area contributed by atoms with Crippen molar-refractivity contribution in [3.8, 4) is 5.75 Å². The monoisotopic (exact) mass is 364 g/mol. The van der Waals surface area contributed by atoms with Crippen molar-refractivity contribution in [3.05, 3.63) is 52.4 Å². The first kappa shape index (κ1) is 18.9. The Hall–Kier alpha value is -2.47. The number of likely N-dealkylation sites (N-methyl/N-ethyl adjacent to an activating group) is 1. The second kappa shape index (κ2) is 8.07. The lowest BCUT2D eigenvalue weighted by molar-refractivity contribution is 0.0765. The number of rotatable bonds is 6. The lowest BCUT2D eigenvalue weighted by Crippen LogP contribution is -2.42. The van der Waals surface area contributed by atoms with Gasteiger partial charge in [-0.3, -0.25) is 9.59 Å². The summed E-state index contributed by atoms with van der Waals surface area (Å²) in [5.74, 6) is 0.235. The Morgan fingerprint density at radius 1 is 1.32 bits per heavy atom. The van der Waals surface area contributed by atoms with E-state index in [1.807, 2.05) is 13.8 Å². The van der Waals surface area contributed by atoms with Gasteiger partial charge < -0.3 is 19.4 Å². The summed E-state index contributed by atoms with van der Waals surface area (Å²) in [5, 5.41) is 3.23. The van der Waals surface area contributed by atoms with Gasteiger partial charge in [-0.15, -0.1) is 0 Å². The van der Waals surface area contributed by atoms with Crippen molar-refractivity contribution in [1.29, 1.82) is 0 Å². The second-order valence-corrected chi connectivity index (χ2v) is 6.36. The van der Waals surface area contributed by atoms with Crippen LogP contribution in [0.2, 0.25) is 5.02 Å². The highest BCUT2D eigenvalue weighted by molar-refractivity contribution is 6.31. The molecule has 0 saturated heterocycles. The molecule has 0 aliphatic heterocycles. The number of nitrogens with zero attached hydrogens (tertiary/aromatic N) is 1. The molecule has 0 bridgehead atoms. The third kappa shape index (κ3) is 5.00. The lowest BCUT2D eigenvalue weighted by Gasteiger charge is -2.22. The summed E-state index contributed by atoms with van der Waals surface area (Å²) < 4.78 is 10.3. The number of carbonyl (C=O) groups is 2. The largest absolute Gasteiger partial charge is 0.497 e. The zero-order valence-corrected chi connectivity index (χ0v) is 15.4.